The molecule has 1 aromatic carbocycles. The van der Waals surface area contributed by atoms with Crippen LogP contribution >= 0.6 is 0 Å². The third kappa shape index (κ3) is 3.08. The molecule has 1 aliphatic rings. The topological polar surface area (TPSA) is 36.9 Å². The summed E-state index contributed by atoms with van der Waals surface area (Å²) in [6, 6.07) is 2.17. The number of hydrogen-bond acceptors (Lipinski definition) is 4. The molecule has 1 heterocycles. The maximum atomic E-state index is 5.72. The van der Waals surface area contributed by atoms with Crippen LogP contribution in [0.2, 0.25) is 0 Å². The minimum Gasteiger partial charge on any atom is -0.412 e. The summed E-state index contributed by atoms with van der Waals surface area (Å²) >= 11 is 0. The van der Waals surface area contributed by atoms with Crippen LogP contribution in [-0.2, 0) is 16.5 Å². The number of benzene rings is 1. The average molecular weight is 310 g/mol. The first-order chi connectivity index (χ1) is 8.61. The van der Waals surface area contributed by atoms with Crippen LogP contribution in [0, 0.1) is 27.7 Å². The molecule has 0 amide bonds. The van der Waals surface area contributed by atoms with Crippen LogP contribution in [0.25, 0.3) is 0 Å². The lowest BCUT2D eigenvalue weighted by molar-refractivity contribution is 0.337. The smallest absolute Gasteiger partial charge is 0.412 e. The van der Waals surface area contributed by atoms with E-state index < -0.39 is 9.28 Å². The molecular formula is C10H13O4Si4. The van der Waals surface area contributed by atoms with Gasteiger partial charge in [0.15, 0.2) is 0 Å². The summed E-state index contributed by atoms with van der Waals surface area (Å²) in [7, 11) is -1.49. The summed E-state index contributed by atoms with van der Waals surface area (Å²) in [5.74, 6) is 0. The zero-order chi connectivity index (χ0) is 13.1. The molecule has 0 bridgehead atoms. The van der Waals surface area contributed by atoms with E-state index >= 15 is 0 Å². The van der Waals surface area contributed by atoms with Crippen molar-refractivity contribution in [3.63, 3.8) is 0 Å². The summed E-state index contributed by atoms with van der Waals surface area (Å²) in [6.45, 7) is 8.53. The highest BCUT2D eigenvalue weighted by Crippen LogP contribution is 2.16. The lowest BCUT2D eigenvalue weighted by atomic mass is 10.00. The summed E-state index contributed by atoms with van der Waals surface area (Å²) < 4.78 is 21.9. The van der Waals surface area contributed by atoms with E-state index in [1.165, 1.54) is 22.3 Å². The molecule has 0 aromatic heterocycles. The Labute approximate surface area is 117 Å². The van der Waals surface area contributed by atoms with Crippen molar-refractivity contribution in [1.29, 1.82) is 0 Å². The van der Waals surface area contributed by atoms with E-state index in [1.807, 2.05) is 0 Å². The molecule has 0 saturated carbocycles. The Hall–Kier alpha value is -0.0725. The van der Waals surface area contributed by atoms with Gasteiger partial charge in [0.2, 0.25) is 0 Å². The fourth-order valence-electron chi connectivity index (χ4n) is 1.73. The van der Waals surface area contributed by atoms with Crippen LogP contribution in [0.5, 0.6) is 0 Å². The third-order valence-corrected chi connectivity index (χ3v) is 7.58. The van der Waals surface area contributed by atoms with Crippen molar-refractivity contribution in [1.82, 2.24) is 0 Å². The lowest BCUT2D eigenvalue weighted by Crippen LogP contribution is -2.44. The van der Waals surface area contributed by atoms with Crippen LogP contribution in [0.4, 0.5) is 0 Å². The van der Waals surface area contributed by atoms with E-state index in [-0.39, 0.29) is 30.0 Å². The minimum atomic E-state index is -1.50. The Morgan fingerprint density at radius 3 is 2.06 bits per heavy atom. The maximum Gasteiger partial charge on any atom is 0.413 e. The van der Waals surface area contributed by atoms with Gasteiger partial charge in [-0.2, -0.15) is 0 Å². The summed E-state index contributed by atoms with van der Waals surface area (Å²) in [6.07, 6.45) is 0. The van der Waals surface area contributed by atoms with E-state index in [2.05, 4.69) is 33.8 Å². The molecule has 7 radical (unpaired) electrons. The zero-order valence-electron chi connectivity index (χ0n) is 10.7. The van der Waals surface area contributed by atoms with Gasteiger partial charge >= 0.3 is 39.3 Å². The Bertz CT molecular complexity index is 432. The Balaban J connectivity index is 2.31. The van der Waals surface area contributed by atoms with Crippen LogP contribution in [0.3, 0.4) is 0 Å². The molecule has 0 unspecified atom stereocenters. The molecule has 1 fully saturated rings. The second kappa shape index (κ2) is 6.39. The van der Waals surface area contributed by atoms with E-state index in [0.717, 1.165) is 5.19 Å². The molecule has 0 aliphatic carbocycles. The van der Waals surface area contributed by atoms with Crippen molar-refractivity contribution in [3.8, 4) is 0 Å². The van der Waals surface area contributed by atoms with E-state index in [4.69, 9.17) is 16.5 Å². The number of rotatable bonds is 1. The standard InChI is InChI=1S/C10H13O4Si4/c1-6-5-10(9(4)8(3)7(6)2)18-13-16-11-15-12-17-14-18/h5H,1-4H3. The van der Waals surface area contributed by atoms with E-state index in [9.17, 15) is 0 Å². The predicted molar refractivity (Wildman–Crippen MR) is 72.4 cm³/mol. The van der Waals surface area contributed by atoms with Gasteiger partial charge in [0, 0.05) is 0 Å². The van der Waals surface area contributed by atoms with Crippen LogP contribution < -0.4 is 5.19 Å². The fraction of sp³-hybridized carbons (Fsp3) is 0.400. The van der Waals surface area contributed by atoms with Gasteiger partial charge in [0.25, 0.3) is 0 Å². The zero-order valence-corrected chi connectivity index (χ0v) is 14.7. The molecule has 0 atom stereocenters. The van der Waals surface area contributed by atoms with Crippen molar-refractivity contribution in [2.45, 2.75) is 27.7 Å². The molecule has 4 nitrogen and oxygen atoms in total. The van der Waals surface area contributed by atoms with Crippen LogP contribution in [0.1, 0.15) is 22.3 Å². The highest BCUT2D eigenvalue weighted by Gasteiger charge is 2.26. The highest BCUT2D eigenvalue weighted by molar-refractivity contribution is 6.70. The molecule has 1 saturated heterocycles. The second-order valence-electron chi connectivity index (χ2n) is 4.06. The SMILES string of the molecule is Cc1cc([Si]2O[Si]O[Si]O[Si]O2)c(C)c(C)c1C. The van der Waals surface area contributed by atoms with Gasteiger partial charge in [0.1, 0.15) is 0 Å². The Morgan fingerprint density at radius 1 is 0.833 bits per heavy atom. The van der Waals surface area contributed by atoms with Gasteiger partial charge in [-0.3, -0.25) is 0 Å². The molecule has 0 N–H and O–H groups in total. The van der Waals surface area contributed by atoms with Crippen LogP contribution in [-0.4, -0.2) is 39.3 Å². The van der Waals surface area contributed by atoms with E-state index in [0.29, 0.717) is 0 Å². The van der Waals surface area contributed by atoms with E-state index in [1.54, 1.807) is 0 Å². The third-order valence-electron chi connectivity index (χ3n) is 3.14. The first-order valence-electron chi connectivity index (χ1n) is 5.46. The van der Waals surface area contributed by atoms with Crippen molar-refractivity contribution in [2.24, 2.45) is 0 Å². The van der Waals surface area contributed by atoms with Gasteiger partial charge in [0.05, 0.1) is 0 Å². The van der Waals surface area contributed by atoms with Crippen molar-refractivity contribution >= 4 is 44.5 Å². The summed E-state index contributed by atoms with van der Waals surface area (Å²) in [5, 5.41) is 1.16. The number of aryl methyl sites for hydroxylation is 1. The summed E-state index contributed by atoms with van der Waals surface area (Å²) in [5.41, 5.74) is 5.18. The number of hydrogen-bond donors (Lipinski definition) is 0. The fourth-order valence-corrected chi connectivity index (χ4v) is 6.48. The van der Waals surface area contributed by atoms with Gasteiger partial charge in [-0.1, -0.05) is 6.07 Å². The van der Waals surface area contributed by atoms with Crippen molar-refractivity contribution in [3.05, 3.63) is 28.3 Å². The molecule has 0 spiro atoms. The predicted octanol–water partition coefficient (Wildman–Crippen LogP) is 0.298. The largest absolute Gasteiger partial charge is 0.413 e. The minimum absolute atomic E-state index is 0.00460. The normalized spacial score (nSPS) is 18.4. The molecule has 93 valence electrons. The quantitative estimate of drug-likeness (QED) is 0.699. The Morgan fingerprint density at radius 2 is 1.44 bits per heavy atom. The first kappa shape index (κ1) is 14.3. The highest BCUT2D eigenvalue weighted by atomic mass is 28.4. The molecular weight excluding hydrogens is 296 g/mol. The van der Waals surface area contributed by atoms with Crippen LogP contribution in [0.15, 0.2) is 6.07 Å². The molecule has 8 heteroatoms. The monoisotopic (exact) mass is 309 g/mol. The van der Waals surface area contributed by atoms with Gasteiger partial charge in [-0.05, 0) is 55.1 Å². The van der Waals surface area contributed by atoms with Gasteiger partial charge in [-0.15, -0.1) is 0 Å². The first-order valence-corrected chi connectivity index (χ1v) is 9.23. The summed E-state index contributed by atoms with van der Waals surface area (Å²) in [4.78, 5) is 0. The molecule has 1 aromatic rings. The van der Waals surface area contributed by atoms with Crippen molar-refractivity contribution < 1.29 is 16.5 Å². The Kier molecular flexibility index (Phi) is 5.09. The molecule has 18 heavy (non-hydrogen) atoms. The molecule has 1 aliphatic heterocycles. The second-order valence-corrected chi connectivity index (χ2v) is 8.94. The van der Waals surface area contributed by atoms with Gasteiger partial charge < -0.3 is 16.5 Å². The molecule has 2 rings (SSSR count). The lowest BCUT2D eigenvalue weighted by Gasteiger charge is -2.21. The van der Waals surface area contributed by atoms with Gasteiger partial charge in [-0.25, -0.2) is 0 Å². The average Bonchev–Trinajstić information content (AvgIpc) is 2.32. The maximum absolute atomic E-state index is 5.72. The van der Waals surface area contributed by atoms with Crippen molar-refractivity contribution in [2.75, 3.05) is 0 Å².